The van der Waals surface area contributed by atoms with Crippen LogP contribution in [0, 0.1) is 12.7 Å². The molecule has 3 heterocycles. The molecule has 9 heteroatoms. The standard InChI is InChI=1S/C18H20FN5O2S/c1-11(17-22-20-12(2)26-17)27-18-23-21-16(13-5-7-14(19)8-6-13)24(18)10-15-4-3-9-25-15/h5-8,11,15H,3-4,9-10H2,1-2H3/t11-,15-/m0/s1. The van der Waals surface area contributed by atoms with E-state index < -0.39 is 0 Å². The average molecular weight is 389 g/mol. The lowest BCUT2D eigenvalue weighted by Crippen LogP contribution is -2.16. The molecule has 2 aromatic heterocycles. The molecular formula is C18H20FN5O2S. The molecule has 0 bridgehead atoms. The molecule has 3 aromatic rings. The van der Waals surface area contributed by atoms with Gasteiger partial charge in [0.05, 0.1) is 17.9 Å². The number of aromatic nitrogens is 5. The third-order valence-corrected chi connectivity index (χ3v) is 5.47. The van der Waals surface area contributed by atoms with E-state index in [1.165, 1.54) is 23.9 Å². The molecule has 7 nitrogen and oxygen atoms in total. The summed E-state index contributed by atoms with van der Waals surface area (Å²) in [5.41, 5.74) is 0.815. The van der Waals surface area contributed by atoms with Crippen LogP contribution in [0.4, 0.5) is 4.39 Å². The summed E-state index contributed by atoms with van der Waals surface area (Å²) in [6.45, 7) is 5.18. The highest BCUT2D eigenvalue weighted by Crippen LogP contribution is 2.35. The smallest absolute Gasteiger partial charge is 0.229 e. The van der Waals surface area contributed by atoms with Crippen LogP contribution in [0.5, 0.6) is 0 Å². The number of rotatable bonds is 6. The molecule has 1 aromatic carbocycles. The zero-order valence-corrected chi connectivity index (χ0v) is 15.9. The first-order chi connectivity index (χ1) is 13.1. The summed E-state index contributed by atoms with van der Waals surface area (Å²) >= 11 is 1.50. The number of benzene rings is 1. The highest BCUT2D eigenvalue weighted by atomic mass is 32.2. The Morgan fingerprint density at radius 1 is 1.22 bits per heavy atom. The van der Waals surface area contributed by atoms with Crippen LogP contribution < -0.4 is 0 Å². The second-order valence-electron chi connectivity index (χ2n) is 6.48. The van der Waals surface area contributed by atoms with Crippen LogP contribution in [-0.4, -0.2) is 37.7 Å². The quantitative estimate of drug-likeness (QED) is 0.593. The molecule has 0 saturated carbocycles. The number of ether oxygens (including phenoxy) is 1. The second kappa shape index (κ2) is 7.77. The average Bonchev–Trinajstić information content (AvgIpc) is 3.39. The molecule has 2 atom stereocenters. The minimum atomic E-state index is -0.279. The summed E-state index contributed by atoms with van der Waals surface area (Å²) in [5.74, 6) is 1.50. The Labute approximate surface area is 160 Å². The number of aryl methyl sites for hydroxylation is 1. The fourth-order valence-electron chi connectivity index (χ4n) is 3.03. The molecule has 1 fully saturated rings. The van der Waals surface area contributed by atoms with Crippen LogP contribution >= 0.6 is 11.8 Å². The topological polar surface area (TPSA) is 78.9 Å². The maximum absolute atomic E-state index is 13.3. The zero-order chi connectivity index (χ0) is 18.8. The molecule has 0 unspecified atom stereocenters. The fourth-order valence-corrected chi connectivity index (χ4v) is 3.92. The van der Waals surface area contributed by atoms with Gasteiger partial charge in [-0.3, -0.25) is 4.57 Å². The summed E-state index contributed by atoms with van der Waals surface area (Å²) < 4.78 is 26.7. The van der Waals surface area contributed by atoms with Gasteiger partial charge in [-0.05, 0) is 44.0 Å². The Kier molecular flexibility index (Phi) is 5.22. The van der Waals surface area contributed by atoms with Crippen LogP contribution in [0.3, 0.4) is 0 Å². The minimum Gasteiger partial charge on any atom is -0.424 e. The molecule has 0 amide bonds. The highest BCUT2D eigenvalue weighted by molar-refractivity contribution is 7.99. The lowest BCUT2D eigenvalue weighted by Gasteiger charge is -2.15. The van der Waals surface area contributed by atoms with Crippen molar-refractivity contribution in [1.29, 1.82) is 0 Å². The number of hydrogen-bond acceptors (Lipinski definition) is 7. The van der Waals surface area contributed by atoms with Crippen molar-refractivity contribution in [2.75, 3.05) is 6.61 Å². The van der Waals surface area contributed by atoms with Crippen molar-refractivity contribution in [1.82, 2.24) is 25.0 Å². The summed E-state index contributed by atoms with van der Waals surface area (Å²) in [5, 5.41) is 17.4. The maximum Gasteiger partial charge on any atom is 0.229 e. The van der Waals surface area contributed by atoms with Crippen LogP contribution in [0.1, 0.15) is 36.8 Å². The molecule has 1 aliphatic heterocycles. The van der Waals surface area contributed by atoms with Crippen molar-refractivity contribution in [2.24, 2.45) is 0 Å². The Morgan fingerprint density at radius 2 is 2.04 bits per heavy atom. The van der Waals surface area contributed by atoms with Gasteiger partial charge in [0, 0.05) is 19.1 Å². The van der Waals surface area contributed by atoms with Gasteiger partial charge in [0.25, 0.3) is 0 Å². The number of halogens is 1. The first-order valence-electron chi connectivity index (χ1n) is 8.87. The molecule has 4 rings (SSSR count). The van der Waals surface area contributed by atoms with Gasteiger partial charge >= 0.3 is 0 Å². The van der Waals surface area contributed by atoms with Gasteiger partial charge in [0.15, 0.2) is 11.0 Å². The summed E-state index contributed by atoms with van der Waals surface area (Å²) in [7, 11) is 0. The lowest BCUT2D eigenvalue weighted by molar-refractivity contribution is 0.0953. The van der Waals surface area contributed by atoms with Gasteiger partial charge in [0.1, 0.15) is 5.82 Å². The molecular weight excluding hydrogens is 369 g/mol. The maximum atomic E-state index is 13.3. The third kappa shape index (κ3) is 4.03. The predicted octanol–water partition coefficient (Wildman–Crippen LogP) is 3.81. The van der Waals surface area contributed by atoms with E-state index in [-0.39, 0.29) is 17.2 Å². The third-order valence-electron chi connectivity index (χ3n) is 4.40. The summed E-state index contributed by atoms with van der Waals surface area (Å²) in [4.78, 5) is 0. The van der Waals surface area contributed by atoms with E-state index >= 15 is 0 Å². The van der Waals surface area contributed by atoms with E-state index in [1.54, 1.807) is 19.1 Å². The molecule has 0 N–H and O–H groups in total. The number of nitrogens with zero attached hydrogens (tertiary/aromatic N) is 5. The van der Waals surface area contributed by atoms with Crippen molar-refractivity contribution in [2.45, 2.75) is 49.7 Å². The van der Waals surface area contributed by atoms with Crippen LogP contribution in [-0.2, 0) is 11.3 Å². The van der Waals surface area contributed by atoms with Gasteiger partial charge in [-0.1, -0.05) is 11.8 Å². The Bertz CT molecular complexity index is 905. The predicted molar refractivity (Wildman–Crippen MR) is 97.7 cm³/mol. The second-order valence-corrected chi connectivity index (χ2v) is 7.79. The zero-order valence-electron chi connectivity index (χ0n) is 15.1. The van der Waals surface area contributed by atoms with Crippen molar-refractivity contribution in [3.05, 3.63) is 41.9 Å². The van der Waals surface area contributed by atoms with E-state index in [1.807, 2.05) is 11.5 Å². The van der Waals surface area contributed by atoms with E-state index in [9.17, 15) is 4.39 Å². The summed E-state index contributed by atoms with van der Waals surface area (Å²) in [6, 6.07) is 6.28. The van der Waals surface area contributed by atoms with Gasteiger partial charge in [-0.25, -0.2) is 4.39 Å². The SMILES string of the molecule is Cc1nnc([C@H](C)Sc2nnc(-c3ccc(F)cc3)n2C[C@@H]2CCCO2)o1. The van der Waals surface area contributed by atoms with Gasteiger partial charge < -0.3 is 9.15 Å². The molecule has 142 valence electrons. The number of thioether (sulfide) groups is 1. The van der Waals surface area contributed by atoms with Crippen LogP contribution in [0.25, 0.3) is 11.4 Å². The van der Waals surface area contributed by atoms with E-state index in [0.717, 1.165) is 30.2 Å². The van der Waals surface area contributed by atoms with Crippen LogP contribution in [0.2, 0.25) is 0 Å². The molecule has 1 aliphatic rings. The normalized spacial score (nSPS) is 18.1. The van der Waals surface area contributed by atoms with Gasteiger partial charge in [0.2, 0.25) is 11.8 Å². The summed E-state index contributed by atoms with van der Waals surface area (Å²) in [6.07, 6.45) is 2.18. The number of hydrogen-bond donors (Lipinski definition) is 0. The molecule has 0 spiro atoms. The monoisotopic (exact) mass is 389 g/mol. The Balaban J connectivity index is 1.64. The molecule has 27 heavy (non-hydrogen) atoms. The van der Waals surface area contributed by atoms with Crippen molar-refractivity contribution in [3.8, 4) is 11.4 Å². The molecule has 0 aliphatic carbocycles. The van der Waals surface area contributed by atoms with Crippen molar-refractivity contribution >= 4 is 11.8 Å². The first-order valence-corrected chi connectivity index (χ1v) is 9.75. The van der Waals surface area contributed by atoms with E-state index in [4.69, 9.17) is 9.15 Å². The highest BCUT2D eigenvalue weighted by Gasteiger charge is 2.24. The van der Waals surface area contributed by atoms with Gasteiger partial charge in [-0.15, -0.1) is 20.4 Å². The molecule has 1 saturated heterocycles. The first kappa shape index (κ1) is 18.1. The van der Waals surface area contributed by atoms with Crippen LogP contribution in [0.15, 0.2) is 33.8 Å². The largest absolute Gasteiger partial charge is 0.424 e. The van der Waals surface area contributed by atoms with Gasteiger partial charge in [-0.2, -0.15) is 0 Å². The van der Waals surface area contributed by atoms with Crippen molar-refractivity contribution < 1.29 is 13.5 Å². The van der Waals surface area contributed by atoms with E-state index in [2.05, 4.69) is 20.4 Å². The van der Waals surface area contributed by atoms with Crippen molar-refractivity contribution in [3.63, 3.8) is 0 Å². The minimum absolute atomic E-state index is 0.0697. The Hall–Kier alpha value is -2.26. The lowest BCUT2D eigenvalue weighted by atomic mass is 10.2. The van der Waals surface area contributed by atoms with E-state index in [0.29, 0.717) is 24.2 Å². The fraction of sp³-hybridized carbons (Fsp3) is 0.444. The Morgan fingerprint density at radius 3 is 2.70 bits per heavy atom. The molecule has 0 radical (unpaired) electrons.